The molecule has 2 aromatic carbocycles. The maximum absolute atomic E-state index is 7.35. The van der Waals surface area contributed by atoms with Gasteiger partial charge in [-0.15, -0.1) is 0 Å². The molecule has 2 rings (SSSR count). The van der Waals surface area contributed by atoms with Gasteiger partial charge in [0.1, 0.15) is 0 Å². The maximum atomic E-state index is 7.35. The molecule has 0 radical (unpaired) electrons. The van der Waals surface area contributed by atoms with E-state index < -0.39 is 0 Å². The van der Waals surface area contributed by atoms with Crippen molar-refractivity contribution in [2.75, 3.05) is 11.9 Å². The fourth-order valence-electron chi connectivity index (χ4n) is 1.52. The van der Waals surface area contributed by atoms with Gasteiger partial charge in [0.25, 0.3) is 0 Å². The van der Waals surface area contributed by atoms with E-state index in [4.69, 9.17) is 11.1 Å². The summed E-state index contributed by atoms with van der Waals surface area (Å²) in [5.74, 6) is 0.0466. The van der Waals surface area contributed by atoms with Crippen molar-refractivity contribution < 1.29 is 0 Å². The van der Waals surface area contributed by atoms with Gasteiger partial charge in [-0.25, -0.2) is 0 Å². The van der Waals surface area contributed by atoms with E-state index in [1.807, 2.05) is 36.4 Å². The van der Waals surface area contributed by atoms with E-state index in [-0.39, 0.29) is 5.96 Å². The van der Waals surface area contributed by atoms with Crippen LogP contribution in [0.3, 0.4) is 0 Å². The summed E-state index contributed by atoms with van der Waals surface area (Å²) in [7, 11) is 1.78. The van der Waals surface area contributed by atoms with Crippen LogP contribution in [-0.2, 0) is 0 Å². The molecular weight excluding hydrogens is 186 g/mol. The molecule has 0 saturated heterocycles. The molecule has 15 heavy (non-hydrogen) atoms. The van der Waals surface area contributed by atoms with Crippen LogP contribution in [0.15, 0.2) is 42.5 Å². The fourth-order valence-corrected chi connectivity index (χ4v) is 1.52. The highest BCUT2D eigenvalue weighted by atomic mass is 15.2. The molecule has 0 spiro atoms. The minimum atomic E-state index is 0.0466. The van der Waals surface area contributed by atoms with E-state index in [9.17, 15) is 0 Å². The van der Waals surface area contributed by atoms with Crippen LogP contribution in [-0.4, -0.2) is 13.0 Å². The molecule has 0 aliphatic heterocycles. The van der Waals surface area contributed by atoms with Crippen molar-refractivity contribution in [1.29, 1.82) is 5.41 Å². The van der Waals surface area contributed by atoms with Crippen molar-refractivity contribution >= 4 is 22.4 Å². The van der Waals surface area contributed by atoms with Gasteiger partial charge in [0.2, 0.25) is 0 Å². The SMILES string of the molecule is CN(C(=N)N)c1ccc2ccccc2c1. The third-order valence-corrected chi connectivity index (χ3v) is 2.48. The number of nitrogens with one attached hydrogen (secondary N) is 1. The number of benzene rings is 2. The summed E-state index contributed by atoms with van der Waals surface area (Å²) in [6, 6.07) is 14.1. The Morgan fingerprint density at radius 1 is 1.13 bits per heavy atom. The van der Waals surface area contributed by atoms with Crippen LogP contribution >= 0.6 is 0 Å². The van der Waals surface area contributed by atoms with Crippen molar-refractivity contribution in [2.45, 2.75) is 0 Å². The van der Waals surface area contributed by atoms with Crippen LogP contribution in [0, 0.1) is 5.41 Å². The number of hydrogen-bond acceptors (Lipinski definition) is 1. The molecule has 0 saturated carbocycles. The molecule has 0 fully saturated rings. The number of hydrogen-bond donors (Lipinski definition) is 2. The highest BCUT2D eigenvalue weighted by molar-refractivity contribution is 5.95. The van der Waals surface area contributed by atoms with E-state index in [0.29, 0.717) is 0 Å². The summed E-state index contributed by atoms with van der Waals surface area (Å²) in [6.45, 7) is 0. The first kappa shape index (κ1) is 9.52. The number of nitrogens with two attached hydrogens (primary N) is 1. The standard InChI is InChI=1S/C12H13N3/c1-15(12(13)14)11-7-6-9-4-2-3-5-10(9)8-11/h2-8H,1H3,(H3,13,14). The van der Waals surface area contributed by atoms with Crippen LogP contribution in [0.4, 0.5) is 5.69 Å². The number of guanidine groups is 1. The predicted octanol–water partition coefficient (Wildman–Crippen LogP) is 2.17. The van der Waals surface area contributed by atoms with Crippen molar-refractivity contribution in [3.8, 4) is 0 Å². The second-order valence-electron chi connectivity index (χ2n) is 3.48. The van der Waals surface area contributed by atoms with Gasteiger partial charge in [-0.1, -0.05) is 30.3 Å². The minimum absolute atomic E-state index is 0.0466. The Balaban J connectivity index is 2.51. The topological polar surface area (TPSA) is 53.1 Å². The van der Waals surface area contributed by atoms with Crippen LogP contribution in [0.1, 0.15) is 0 Å². The van der Waals surface area contributed by atoms with Crippen molar-refractivity contribution in [3.05, 3.63) is 42.5 Å². The zero-order valence-corrected chi connectivity index (χ0v) is 8.57. The van der Waals surface area contributed by atoms with Crippen LogP contribution in [0.25, 0.3) is 10.8 Å². The molecule has 3 N–H and O–H groups in total. The number of nitrogens with zero attached hydrogens (tertiary/aromatic N) is 1. The molecule has 0 bridgehead atoms. The third kappa shape index (κ3) is 1.76. The van der Waals surface area contributed by atoms with E-state index >= 15 is 0 Å². The summed E-state index contributed by atoms with van der Waals surface area (Å²) in [4.78, 5) is 1.65. The fraction of sp³-hybridized carbons (Fsp3) is 0.0833. The van der Waals surface area contributed by atoms with E-state index in [0.717, 1.165) is 11.1 Å². The van der Waals surface area contributed by atoms with Gasteiger partial charge in [-0.05, 0) is 22.9 Å². The Hall–Kier alpha value is -2.03. The molecule has 2 aromatic rings. The Bertz CT molecular complexity index is 505. The van der Waals surface area contributed by atoms with Crippen molar-refractivity contribution in [1.82, 2.24) is 0 Å². The van der Waals surface area contributed by atoms with E-state index in [1.54, 1.807) is 11.9 Å². The van der Waals surface area contributed by atoms with E-state index in [1.165, 1.54) is 5.39 Å². The maximum Gasteiger partial charge on any atom is 0.192 e. The number of rotatable bonds is 1. The molecule has 0 heterocycles. The first-order valence-electron chi connectivity index (χ1n) is 4.75. The molecular formula is C12H13N3. The zero-order chi connectivity index (χ0) is 10.8. The number of fused-ring (bicyclic) bond motifs is 1. The molecule has 0 atom stereocenters. The Labute approximate surface area is 88.6 Å². The Morgan fingerprint density at radius 2 is 1.80 bits per heavy atom. The minimum Gasteiger partial charge on any atom is -0.370 e. The Morgan fingerprint density at radius 3 is 2.47 bits per heavy atom. The predicted molar refractivity (Wildman–Crippen MR) is 64.3 cm³/mol. The van der Waals surface area contributed by atoms with Gasteiger partial charge in [0.15, 0.2) is 5.96 Å². The van der Waals surface area contributed by atoms with Crippen molar-refractivity contribution in [3.63, 3.8) is 0 Å². The van der Waals surface area contributed by atoms with Crippen LogP contribution in [0.2, 0.25) is 0 Å². The summed E-state index contributed by atoms with van der Waals surface area (Å²) in [5.41, 5.74) is 6.35. The summed E-state index contributed by atoms with van der Waals surface area (Å²) >= 11 is 0. The summed E-state index contributed by atoms with van der Waals surface area (Å²) < 4.78 is 0. The van der Waals surface area contributed by atoms with Gasteiger partial charge in [-0.2, -0.15) is 0 Å². The highest BCUT2D eigenvalue weighted by Gasteiger charge is 2.03. The first-order chi connectivity index (χ1) is 7.18. The quantitative estimate of drug-likeness (QED) is 0.546. The van der Waals surface area contributed by atoms with Gasteiger partial charge < -0.3 is 10.6 Å². The molecule has 0 aliphatic rings. The first-order valence-corrected chi connectivity index (χ1v) is 4.75. The average molecular weight is 199 g/mol. The summed E-state index contributed by atoms with van der Waals surface area (Å²) in [5, 5.41) is 9.70. The Kier molecular flexibility index (Phi) is 2.29. The summed E-state index contributed by atoms with van der Waals surface area (Å²) in [6.07, 6.45) is 0. The van der Waals surface area contributed by atoms with Gasteiger partial charge in [0, 0.05) is 12.7 Å². The molecule has 3 heteroatoms. The highest BCUT2D eigenvalue weighted by Crippen LogP contribution is 2.20. The molecule has 76 valence electrons. The molecule has 0 unspecified atom stereocenters. The molecule has 0 aliphatic carbocycles. The third-order valence-electron chi connectivity index (χ3n) is 2.48. The lowest BCUT2D eigenvalue weighted by Crippen LogP contribution is -2.32. The smallest absolute Gasteiger partial charge is 0.192 e. The second kappa shape index (κ2) is 3.61. The lowest BCUT2D eigenvalue weighted by Gasteiger charge is -2.17. The molecule has 0 aromatic heterocycles. The lowest BCUT2D eigenvalue weighted by molar-refractivity contribution is 1.20. The van der Waals surface area contributed by atoms with Gasteiger partial charge in [0.05, 0.1) is 0 Å². The van der Waals surface area contributed by atoms with Crippen LogP contribution < -0.4 is 10.6 Å². The molecule has 0 amide bonds. The second-order valence-corrected chi connectivity index (χ2v) is 3.48. The zero-order valence-electron chi connectivity index (χ0n) is 8.57. The number of anilines is 1. The van der Waals surface area contributed by atoms with E-state index in [2.05, 4.69) is 6.07 Å². The molecule has 3 nitrogen and oxygen atoms in total. The average Bonchev–Trinajstić information content (AvgIpc) is 2.27. The lowest BCUT2D eigenvalue weighted by atomic mass is 10.1. The van der Waals surface area contributed by atoms with Gasteiger partial charge >= 0.3 is 0 Å². The normalized spacial score (nSPS) is 10.2. The van der Waals surface area contributed by atoms with Crippen LogP contribution in [0.5, 0.6) is 0 Å². The monoisotopic (exact) mass is 199 g/mol. The largest absolute Gasteiger partial charge is 0.370 e. The van der Waals surface area contributed by atoms with Crippen molar-refractivity contribution in [2.24, 2.45) is 5.73 Å². The van der Waals surface area contributed by atoms with Gasteiger partial charge in [-0.3, -0.25) is 5.41 Å².